The molecule has 0 spiro atoms. The number of rotatable bonds is 0. The number of hydrogen-bond donors (Lipinski definition) is 0. The second kappa shape index (κ2) is 4.10. The molecule has 0 bridgehead atoms. The summed E-state index contributed by atoms with van der Waals surface area (Å²) in [6.07, 6.45) is 4.97. The third-order valence-corrected chi connectivity index (χ3v) is 5.97. The third-order valence-electron chi connectivity index (χ3n) is 5.48. The molecule has 2 unspecified atom stereocenters. The highest BCUT2D eigenvalue weighted by molar-refractivity contribution is 9.10. The van der Waals surface area contributed by atoms with E-state index >= 15 is 0 Å². The summed E-state index contributed by atoms with van der Waals surface area (Å²) in [5, 5.41) is 2.74. The minimum absolute atomic E-state index is 0.0912. The molecule has 0 aromatic heterocycles. The van der Waals surface area contributed by atoms with Crippen LogP contribution in [0.15, 0.2) is 46.9 Å². The van der Waals surface area contributed by atoms with Gasteiger partial charge in [0, 0.05) is 9.89 Å². The Balaban J connectivity index is 2.09. The van der Waals surface area contributed by atoms with Crippen molar-refractivity contribution >= 4 is 28.1 Å². The molecule has 21 heavy (non-hydrogen) atoms. The minimum atomic E-state index is 0.0912. The minimum Gasteiger partial charge on any atom is -0.0715 e. The molecule has 0 saturated carbocycles. The summed E-state index contributed by atoms with van der Waals surface area (Å²) in [7, 11) is 0. The van der Waals surface area contributed by atoms with Crippen LogP contribution in [0, 0.1) is 5.92 Å². The van der Waals surface area contributed by atoms with E-state index in [9.17, 15) is 0 Å². The van der Waals surface area contributed by atoms with Crippen molar-refractivity contribution in [1.29, 1.82) is 0 Å². The molecular weight excluding hydrogens is 320 g/mol. The predicted octanol–water partition coefficient (Wildman–Crippen LogP) is 3.89. The van der Waals surface area contributed by atoms with Crippen LogP contribution in [0.5, 0.6) is 0 Å². The zero-order valence-corrected chi connectivity index (χ0v) is 14.2. The van der Waals surface area contributed by atoms with Crippen molar-refractivity contribution in [2.75, 3.05) is 0 Å². The topological polar surface area (TPSA) is 0 Å². The fourth-order valence-electron chi connectivity index (χ4n) is 4.45. The van der Waals surface area contributed by atoms with E-state index in [0.29, 0.717) is 5.92 Å². The molecule has 2 aliphatic rings. The van der Waals surface area contributed by atoms with Crippen LogP contribution in [0.3, 0.4) is 0 Å². The van der Waals surface area contributed by atoms with Crippen LogP contribution >= 0.6 is 15.9 Å². The average Bonchev–Trinajstić information content (AvgIpc) is 2.61. The Morgan fingerprint density at radius 3 is 2.38 bits per heavy atom. The molecule has 0 nitrogen and oxygen atoms in total. The summed E-state index contributed by atoms with van der Waals surface area (Å²) < 4.78 is 1.18. The lowest BCUT2D eigenvalue weighted by Gasteiger charge is -2.36. The largest absolute Gasteiger partial charge is 0.0715 e. The van der Waals surface area contributed by atoms with Gasteiger partial charge in [-0.3, -0.25) is 0 Å². The quantitative estimate of drug-likeness (QED) is 0.683. The van der Waals surface area contributed by atoms with Crippen LogP contribution in [-0.4, -0.2) is 0 Å². The van der Waals surface area contributed by atoms with Gasteiger partial charge in [-0.25, -0.2) is 0 Å². The maximum Gasteiger partial charge on any atom is 0.0187 e. The standard InChI is InChI=1S/C20H19Br/c1-19(2)17-11-15(21)8-9-16(17)20(3)12-14-7-5-4-6-13(14)10-18(19)20/h4-12,18H,1-3H3. The van der Waals surface area contributed by atoms with Crippen molar-refractivity contribution in [2.45, 2.75) is 31.6 Å². The van der Waals surface area contributed by atoms with E-state index in [1.54, 1.807) is 0 Å². The van der Waals surface area contributed by atoms with Crippen molar-refractivity contribution in [3.8, 4) is 0 Å². The Morgan fingerprint density at radius 2 is 1.62 bits per heavy atom. The van der Waals surface area contributed by atoms with E-state index in [4.69, 9.17) is 0 Å². The summed E-state index contributed by atoms with van der Waals surface area (Å²) in [6.45, 7) is 7.16. The maximum absolute atomic E-state index is 3.64. The van der Waals surface area contributed by atoms with Gasteiger partial charge < -0.3 is 0 Å². The third kappa shape index (κ3) is 1.67. The van der Waals surface area contributed by atoms with Crippen molar-refractivity contribution in [1.82, 2.24) is 0 Å². The summed E-state index contributed by atoms with van der Waals surface area (Å²) in [4.78, 5) is 0. The van der Waals surface area contributed by atoms with Crippen LogP contribution in [-0.2, 0) is 10.8 Å². The first kappa shape index (κ1) is 13.3. The second-order valence-corrected chi connectivity index (χ2v) is 8.03. The molecule has 0 saturated heterocycles. The normalized spacial score (nSPS) is 27.9. The van der Waals surface area contributed by atoms with E-state index in [-0.39, 0.29) is 10.8 Å². The molecular formula is C20H19Br. The zero-order valence-electron chi connectivity index (χ0n) is 12.7. The lowest BCUT2D eigenvalue weighted by molar-refractivity contribution is 0.356. The monoisotopic (exact) mass is 338 g/mol. The van der Waals surface area contributed by atoms with Gasteiger partial charge in [-0.1, -0.05) is 79.2 Å². The molecule has 106 valence electrons. The van der Waals surface area contributed by atoms with E-state index in [2.05, 4.69) is 91.3 Å². The predicted molar refractivity (Wildman–Crippen MR) is 92.6 cm³/mol. The van der Waals surface area contributed by atoms with Gasteiger partial charge in [0.25, 0.3) is 0 Å². The lowest BCUT2D eigenvalue weighted by atomic mass is 9.67. The smallest absolute Gasteiger partial charge is 0.0187 e. The van der Waals surface area contributed by atoms with Crippen LogP contribution in [0.25, 0.3) is 12.2 Å². The molecule has 2 aromatic rings. The highest BCUT2D eigenvalue weighted by Gasteiger charge is 2.51. The Hall–Kier alpha value is -1.34. The molecule has 0 fully saturated rings. The molecule has 2 aromatic carbocycles. The first-order valence-electron chi connectivity index (χ1n) is 7.53. The molecule has 0 radical (unpaired) electrons. The Labute approximate surface area is 134 Å². The highest BCUT2D eigenvalue weighted by atomic mass is 79.9. The Kier molecular flexibility index (Phi) is 2.60. The van der Waals surface area contributed by atoms with E-state index in [1.165, 1.54) is 26.0 Å². The van der Waals surface area contributed by atoms with Crippen LogP contribution in [0.2, 0.25) is 0 Å². The fraction of sp³-hybridized carbons (Fsp3) is 0.300. The summed E-state index contributed by atoms with van der Waals surface area (Å²) in [6, 6.07) is 15.5. The molecule has 4 rings (SSSR count). The SMILES string of the molecule is CC1(C)c2cc(Br)ccc2C2(C)C=c3ccccc3=CC12. The van der Waals surface area contributed by atoms with Crippen LogP contribution in [0.1, 0.15) is 31.9 Å². The summed E-state index contributed by atoms with van der Waals surface area (Å²) in [5.41, 5.74) is 3.20. The van der Waals surface area contributed by atoms with Gasteiger partial charge in [0.05, 0.1) is 0 Å². The van der Waals surface area contributed by atoms with Crippen molar-refractivity contribution in [2.24, 2.45) is 5.92 Å². The fourth-order valence-corrected chi connectivity index (χ4v) is 4.81. The first-order valence-corrected chi connectivity index (χ1v) is 8.32. The number of fused-ring (bicyclic) bond motifs is 4. The lowest BCUT2D eigenvalue weighted by Crippen LogP contribution is -2.42. The maximum atomic E-state index is 3.64. The Bertz CT molecular complexity index is 860. The van der Waals surface area contributed by atoms with Crippen molar-refractivity contribution < 1.29 is 0 Å². The van der Waals surface area contributed by atoms with E-state index in [0.717, 1.165) is 0 Å². The van der Waals surface area contributed by atoms with Crippen LogP contribution in [0.4, 0.5) is 0 Å². The Morgan fingerprint density at radius 1 is 0.905 bits per heavy atom. The van der Waals surface area contributed by atoms with Gasteiger partial charge >= 0.3 is 0 Å². The highest BCUT2D eigenvalue weighted by Crippen LogP contribution is 2.56. The molecule has 0 heterocycles. The molecule has 0 amide bonds. The van der Waals surface area contributed by atoms with Gasteiger partial charge in [-0.05, 0) is 45.0 Å². The summed E-state index contributed by atoms with van der Waals surface area (Å²) >= 11 is 3.64. The molecule has 0 aliphatic heterocycles. The number of hydrogen-bond acceptors (Lipinski definition) is 0. The second-order valence-electron chi connectivity index (χ2n) is 7.11. The van der Waals surface area contributed by atoms with Gasteiger partial charge in [-0.15, -0.1) is 0 Å². The molecule has 0 N–H and O–H groups in total. The van der Waals surface area contributed by atoms with Gasteiger partial charge in [-0.2, -0.15) is 0 Å². The number of benzene rings is 2. The zero-order chi connectivity index (χ0) is 14.8. The van der Waals surface area contributed by atoms with E-state index < -0.39 is 0 Å². The molecule has 2 aliphatic carbocycles. The van der Waals surface area contributed by atoms with Crippen LogP contribution < -0.4 is 10.4 Å². The van der Waals surface area contributed by atoms with Crippen molar-refractivity contribution in [3.05, 3.63) is 68.5 Å². The van der Waals surface area contributed by atoms with Gasteiger partial charge in [0.15, 0.2) is 0 Å². The average molecular weight is 339 g/mol. The van der Waals surface area contributed by atoms with E-state index in [1.807, 2.05) is 0 Å². The van der Waals surface area contributed by atoms with Gasteiger partial charge in [0.1, 0.15) is 0 Å². The number of halogens is 1. The molecule has 2 atom stereocenters. The van der Waals surface area contributed by atoms with Crippen molar-refractivity contribution in [3.63, 3.8) is 0 Å². The summed E-state index contributed by atoms with van der Waals surface area (Å²) in [5.74, 6) is 0.504. The first-order chi connectivity index (χ1) is 9.93. The molecule has 1 heteroatoms. The van der Waals surface area contributed by atoms with Gasteiger partial charge in [0.2, 0.25) is 0 Å².